The molecule has 0 N–H and O–H groups in total. The molecule has 0 saturated heterocycles. The summed E-state index contributed by atoms with van der Waals surface area (Å²) in [6.45, 7) is 0. The number of aromatic nitrogens is 5. The van der Waals surface area contributed by atoms with Crippen molar-refractivity contribution >= 4 is 65.3 Å². The third-order valence-corrected chi connectivity index (χ3v) is 10.5. The molecule has 0 spiro atoms. The van der Waals surface area contributed by atoms with Gasteiger partial charge in [-0.25, -0.2) is 15.0 Å². The summed E-state index contributed by atoms with van der Waals surface area (Å²) in [6.07, 6.45) is 3.73. The van der Waals surface area contributed by atoms with Gasteiger partial charge in [0.1, 0.15) is 0 Å². The van der Waals surface area contributed by atoms with Crippen LogP contribution in [0.3, 0.4) is 0 Å². The van der Waals surface area contributed by atoms with E-state index in [1.165, 1.54) is 10.8 Å². The highest BCUT2D eigenvalue weighted by Crippen LogP contribution is 2.33. The third-order valence-electron chi connectivity index (χ3n) is 10.5. The molecular formula is C49H29N5. The molecule has 0 aliphatic rings. The first-order valence-corrected chi connectivity index (χ1v) is 18.0. The fraction of sp³-hybridized carbons (Fsp3) is 0. The zero-order chi connectivity index (χ0) is 35.6. The molecule has 0 aliphatic carbocycles. The Balaban J connectivity index is 0.911. The zero-order valence-corrected chi connectivity index (χ0v) is 29.0. The quantitative estimate of drug-likeness (QED) is 0.172. The van der Waals surface area contributed by atoms with Crippen LogP contribution in [0.2, 0.25) is 0 Å². The van der Waals surface area contributed by atoms with Gasteiger partial charge in [0.15, 0.2) is 0 Å². The average molecular weight is 688 g/mol. The maximum absolute atomic E-state index is 5.15. The largest absolute Gasteiger partial charge is 0.256 e. The van der Waals surface area contributed by atoms with Crippen molar-refractivity contribution in [3.63, 3.8) is 0 Å². The minimum atomic E-state index is 0.900. The number of pyridine rings is 5. The van der Waals surface area contributed by atoms with Crippen molar-refractivity contribution in [3.8, 4) is 44.9 Å². The first kappa shape index (κ1) is 30.3. The molecule has 0 aliphatic heterocycles. The van der Waals surface area contributed by atoms with Gasteiger partial charge in [-0.1, -0.05) is 103 Å². The van der Waals surface area contributed by atoms with E-state index >= 15 is 0 Å². The predicted molar refractivity (Wildman–Crippen MR) is 222 cm³/mol. The van der Waals surface area contributed by atoms with Gasteiger partial charge in [-0.05, 0) is 82.6 Å². The summed E-state index contributed by atoms with van der Waals surface area (Å²) < 4.78 is 0. The van der Waals surface area contributed by atoms with E-state index in [1.807, 2.05) is 36.7 Å². The molecule has 250 valence electrons. The van der Waals surface area contributed by atoms with E-state index in [9.17, 15) is 0 Å². The van der Waals surface area contributed by atoms with E-state index < -0.39 is 0 Å². The van der Waals surface area contributed by atoms with Crippen molar-refractivity contribution in [1.82, 2.24) is 24.9 Å². The highest BCUT2D eigenvalue weighted by molar-refractivity contribution is 6.03. The van der Waals surface area contributed by atoms with Crippen molar-refractivity contribution in [1.29, 1.82) is 0 Å². The summed E-state index contributed by atoms with van der Waals surface area (Å²) in [5.41, 5.74) is 12.9. The van der Waals surface area contributed by atoms with Gasteiger partial charge in [-0.15, -0.1) is 0 Å². The van der Waals surface area contributed by atoms with E-state index in [-0.39, 0.29) is 0 Å². The minimum Gasteiger partial charge on any atom is -0.256 e. The number of hydrogen-bond donors (Lipinski definition) is 0. The molecule has 5 heteroatoms. The SMILES string of the molecule is c1ccc2ncc(-c3ccc4ccc(-c5ccc6ccc(-c7ccc8cc(-c9ccc%10ccc%11cccnc%11c%10n9)ccc8c7)cc6n5)cc4n3)cc2c1. The molecule has 0 saturated carbocycles. The topological polar surface area (TPSA) is 64.5 Å². The molecule has 5 heterocycles. The van der Waals surface area contributed by atoms with E-state index in [0.717, 1.165) is 99.4 Å². The third kappa shape index (κ3) is 5.22. The van der Waals surface area contributed by atoms with Gasteiger partial charge >= 0.3 is 0 Å². The van der Waals surface area contributed by atoms with Gasteiger partial charge in [0.2, 0.25) is 0 Å². The van der Waals surface area contributed by atoms with Crippen LogP contribution in [0.5, 0.6) is 0 Å². The normalized spacial score (nSPS) is 11.7. The van der Waals surface area contributed by atoms with Crippen molar-refractivity contribution in [2.45, 2.75) is 0 Å². The van der Waals surface area contributed by atoms with Crippen LogP contribution < -0.4 is 0 Å². The first-order chi connectivity index (χ1) is 26.7. The van der Waals surface area contributed by atoms with Crippen LogP contribution in [0.1, 0.15) is 0 Å². The summed E-state index contributed by atoms with van der Waals surface area (Å²) in [5, 5.41) is 7.81. The molecule has 0 amide bonds. The van der Waals surface area contributed by atoms with Crippen molar-refractivity contribution < 1.29 is 0 Å². The van der Waals surface area contributed by atoms with Crippen LogP contribution in [0, 0.1) is 0 Å². The van der Waals surface area contributed by atoms with Gasteiger partial charge in [0.05, 0.1) is 44.7 Å². The molecule has 11 rings (SSSR count). The predicted octanol–water partition coefficient (Wildman–Crippen LogP) is 12.2. The summed E-state index contributed by atoms with van der Waals surface area (Å²) >= 11 is 0. The van der Waals surface area contributed by atoms with Crippen LogP contribution in [0.4, 0.5) is 0 Å². The Morgan fingerprint density at radius 3 is 1.56 bits per heavy atom. The van der Waals surface area contributed by atoms with E-state index in [4.69, 9.17) is 15.0 Å². The Kier molecular flexibility index (Phi) is 6.79. The van der Waals surface area contributed by atoms with Crippen LogP contribution in [0.15, 0.2) is 176 Å². The molecule has 6 aromatic carbocycles. The molecule has 0 atom stereocenters. The van der Waals surface area contributed by atoms with Gasteiger partial charge in [-0.3, -0.25) is 9.97 Å². The lowest BCUT2D eigenvalue weighted by Gasteiger charge is -2.10. The van der Waals surface area contributed by atoms with Gasteiger partial charge in [0.25, 0.3) is 0 Å². The summed E-state index contributed by atoms with van der Waals surface area (Å²) in [6, 6.07) is 57.4. The second-order valence-corrected chi connectivity index (χ2v) is 13.8. The Morgan fingerprint density at radius 1 is 0.278 bits per heavy atom. The van der Waals surface area contributed by atoms with Crippen molar-refractivity contribution in [2.24, 2.45) is 0 Å². The van der Waals surface area contributed by atoms with Crippen molar-refractivity contribution in [2.75, 3.05) is 0 Å². The van der Waals surface area contributed by atoms with Crippen molar-refractivity contribution in [3.05, 3.63) is 176 Å². The van der Waals surface area contributed by atoms with E-state index in [2.05, 4.69) is 149 Å². The lowest BCUT2D eigenvalue weighted by atomic mass is 9.98. The average Bonchev–Trinajstić information content (AvgIpc) is 3.24. The van der Waals surface area contributed by atoms with Crippen LogP contribution >= 0.6 is 0 Å². The molecule has 54 heavy (non-hydrogen) atoms. The minimum absolute atomic E-state index is 0.900. The number of hydrogen-bond acceptors (Lipinski definition) is 5. The van der Waals surface area contributed by atoms with Gasteiger partial charge in [-0.2, -0.15) is 0 Å². The molecule has 11 aromatic rings. The van der Waals surface area contributed by atoms with Crippen LogP contribution in [-0.4, -0.2) is 24.9 Å². The summed E-state index contributed by atoms with van der Waals surface area (Å²) in [4.78, 5) is 24.6. The maximum Gasteiger partial charge on any atom is 0.0972 e. The molecule has 0 unspecified atom stereocenters. The second-order valence-electron chi connectivity index (χ2n) is 13.8. The number of fused-ring (bicyclic) bond motifs is 7. The highest BCUT2D eigenvalue weighted by Gasteiger charge is 2.11. The molecule has 0 radical (unpaired) electrons. The van der Waals surface area contributed by atoms with E-state index in [0.29, 0.717) is 0 Å². The number of nitrogens with zero attached hydrogens (tertiary/aromatic N) is 5. The molecule has 5 nitrogen and oxygen atoms in total. The monoisotopic (exact) mass is 687 g/mol. The summed E-state index contributed by atoms with van der Waals surface area (Å²) in [5.74, 6) is 0. The zero-order valence-electron chi connectivity index (χ0n) is 29.0. The molecular weight excluding hydrogens is 659 g/mol. The van der Waals surface area contributed by atoms with Crippen LogP contribution in [-0.2, 0) is 0 Å². The fourth-order valence-corrected chi connectivity index (χ4v) is 7.58. The molecule has 5 aromatic heterocycles. The second kappa shape index (κ2) is 12.1. The number of para-hydroxylation sites is 1. The van der Waals surface area contributed by atoms with Gasteiger partial charge < -0.3 is 0 Å². The Bertz CT molecular complexity index is 3300. The Morgan fingerprint density at radius 2 is 0.778 bits per heavy atom. The number of benzene rings is 6. The summed E-state index contributed by atoms with van der Waals surface area (Å²) in [7, 11) is 0. The Labute approximate surface area is 310 Å². The van der Waals surface area contributed by atoms with Crippen LogP contribution in [0.25, 0.3) is 110 Å². The first-order valence-electron chi connectivity index (χ1n) is 18.0. The lowest BCUT2D eigenvalue weighted by molar-refractivity contribution is 1.35. The highest BCUT2D eigenvalue weighted by atomic mass is 14.8. The standard InChI is InChI=1S/C49H29N5/c1-2-6-42-38(4-1)26-41(29-51-42)45-21-18-31-8-15-40(28-47(31)53-45)43-20-17-30-7-11-37(27-46(30)52-43)35-12-13-36-25-39(16-14-34(36)24-35)44-22-19-33-10-9-32-5-3-23-50-48(32)49(33)54-44/h1-29H. The number of rotatable bonds is 4. The fourth-order valence-electron chi connectivity index (χ4n) is 7.58. The maximum atomic E-state index is 5.15. The Hall–Kier alpha value is -7.37. The van der Waals surface area contributed by atoms with Gasteiger partial charge in [0, 0.05) is 56.0 Å². The molecule has 0 fully saturated rings. The smallest absolute Gasteiger partial charge is 0.0972 e. The molecule has 0 bridgehead atoms. The lowest BCUT2D eigenvalue weighted by Crippen LogP contribution is -1.90. The van der Waals surface area contributed by atoms with E-state index in [1.54, 1.807) is 0 Å².